The van der Waals surface area contributed by atoms with Gasteiger partial charge in [-0.15, -0.1) is 11.3 Å². The molecule has 0 radical (unpaired) electrons. The van der Waals surface area contributed by atoms with Crippen LogP contribution in [0.5, 0.6) is 0 Å². The van der Waals surface area contributed by atoms with Crippen LogP contribution in [0.15, 0.2) is 11.4 Å². The molecule has 0 aliphatic carbocycles. The molecule has 0 saturated heterocycles. The standard InChI is InChI=1S/C14H21N3O2S/c1-3-15-13(18)8-16-14(19)9-17-6-4-12-11(10(17)2)5-7-20-12/h5,7,10H,3-4,6,8-9H2,1-2H3,(H,15,18)(H,16,19)/p+1/t10-/m0/s1. The summed E-state index contributed by atoms with van der Waals surface area (Å²) < 4.78 is 0. The molecule has 6 heteroatoms. The highest BCUT2D eigenvalue weighted by atomic mass is 32.1. The van der Waals surface area contributed by atoms with Crippen LogP contribution in [0, 0.1) is 0 Å². The molecule has 5 nitrogen and oxygen atoms in total. The quantitative estimate of drug-likeness (QED) is 0.686. The van der Waals surface area contributed by atoms with Gasteiger partial charge >= 0.3 is 0 Å². The number of likely N-dealkylation sites (N-methyl/N-ethyl adjacent to an activating group) is 1. The summed E-state index contributed by atoms with van der Waals surface area (Å²) >= 11 is 1.80. The third kappa shape index (κ3) is 3.58. The van der Waals surface area contributed by atoms with Crippen molar-refractivity contribution in [2.75, 3.05) is 26.2 Å². The van der Waals surface area contributed by atoms with Crippen molar-refractivity contribution in [3.8, 4) is 0 Å². The van der Waals surface area contributed by atoms with Crippen molar-refractivity contribution in [2.24, 2.45) is 0 Å². The molecule has 1 aromatic rings. The van der Waals surface area contributed by atoms with Crippen LogP contribution in [-0.2, 0) is 16.0 Å². The zero-order chi connectivity index (χ0) is 14.5. The largest absolute Gasteiger partial charge is 0.355 e. The number of carbonyl (C=O) groups is 2. The predicted octanol–water partition coefficient (Wildman–Crippen LogP) is -0.498. The van der Waals surface area contributed by atoms with Gasteiger partial charge in [0, 0.05) is 23.4 Å². The average molecular weight is 296 g/mol. The molecule has 2 amide bonds. The Kier molecular flexibility index (Phi) is 5.14. The summed E-state index contributed by atoms with van der Waals surface area (Å²) in [5.41, 5.74) is 1.37. The maximum Gasteiger partial charge on any atom is 0.275 e. The summed E-state index contributed by atoms with van der Waals surface area (Å²) in [6.07, 6.45) is 1.04. The number of fused-ring (bicyclic) bond motifs is 1. The SMILES string of the molecule is CCNC(=O)CNC(=O)C[NH+]1CCc2sccc2[C@@H]1C. The van der Waals surface area contributed by atoms with E-state index in [0.29, 0.717) is 19.1 Å². The summed E-state index contributed by atoms with van der Waals surface area (Å²) in [6.45, 7) is 6.08. The monoisotopic (exact) mass is 296 g/mol. The Balaban J connectivity index is 1.82. The highest BCUT2D eigenvalue weighted by molar-refractivity contribution is 7.10. The molecule has 3 N–H and O–H groups in total. The third-order valence-electron chi connectivity index (χ3n) is 3.74. The molecular formula is C14H22N3O2S+. The van der Waals surface area contributed by atoms with Gasteiger partial charge in [-0.25, -0.2) is 0 Å². The van der Waals surface area contributed by atoms with E-state index in [1.807, 2.05) is 6.92 Å². The van der Waals surface area contributed by atoms with Crippen LogP contribution in [0.25, 0.3) is 0 Å². The van der Waals surface area contributed by atoms with Crippen LogP contribution >= 0.6 is 11.3 Å². The fraction of sp³-hybridized carbons (Fsp3) is 0.571. The van der Waals surface area contributed by atoms with E-state index in [2.05, 4.69) is 29.0 Å². The first-order chi connectivity index (χ1) is 9.61. The second kappa shape index (κ2) is 6.85. The summed E-state index contributed by atoms with van der Waals surface area (Å²) in [7, 11) is 0. The van der Waals surface area contributed by atoms with Gasteiger partial charge in [0.1, 0.15) is 6.04 Å². The Labute approximate surface area is 123 Å². The van der Waals surface area contributed by atoms with Crippen LogP contribution in [0.2, 0.25) is 0 Å². The molecule has 1 aliphatic rings. The molecule has 2 heterocycles. The van der Waals surface area contributed by atoms with Crippen molar-refractivity contribution in [3.05, 3.63) is 21.9 Å². The van der Waals surface area contributed by atoms with E-state index in [9.17, 15) is 9.59 Å². The van der Waals surface area contributed by atoms with Crippen LogP contribution in [0.3, 0.4) is 0 Å². The molecule has 0 bridgehead atoms. The molecule has 0 aromatic carbocycles. The normalized spacial score (nSPS) is 21.1. The molecule has 1 aliphatic heterocycles. The number of carbonyl (C=O) groups excluding carboxylic acids is 2. The lowest BCUT2D eigenvalue weighted by Gasteiger charge is -2.29. The van der Waals surface area contributed by atoms with Gasteiger partial charge in [0.15, 0.2) is 6.54 Å². The number of hydrogen-bond acceptors (Lipinski definition) is 3. The molecule has 110 valence electrons. The van der Waals surface area contributed by atoms with Gasteiger partial charge in [-0.1, -0.05) is 0 Å². The molecule has 20 heavy (non-hydrogen) atoms. The van der Waals surface area contributed by atoms with Crippen molar-refractivity contribution in [1.29, 1.82) is 0 Å². The molecule has 0 saturated carbocycles. The lowest BCUT2D eigenvalue weighted by atomic mass is 10.0. The van der Waals surface area contributed by atoms with Gasteiger partial charge in [-0.3, -0.25) is 9.59 Å². The summed E-state index contributed by atoms with van der Waals surface area (Å²) in [6, 6.07) is 2.51. The smallest absolute Gasteiger partial charge is 0.275 e. The molecule has 2 atom stereocenters. The van der Waals surface area contributed by atoms with Crippen LogP contribution in [0.4, 0.5) is 0 Å². The van der Waals surface area contributed by atoms with Gasteiger partial charge in [0.25, 0.3) is 5.91 Å². The molecule has 1 aromatic heterocycles. The summed E-state index contributed by atoms with van der Waals surface area (Å²) in [4.78, 5) is 25.9. The zero-order valence-electron chi connectivity index (χ0n) is 12.0. The lowest BCUT2D eigenvalue weighted by molar-refractivity contribution is -0.924. The second-order valence-electron chi connectivity index (χ2n) is 5.09. The van der Waals surface area contributed by atoms with E-state index in [0.717, 1.165) is 13.0 Å². The van der Waals surface area contributed by atoms with Gasteiger partial charge in [-0.2, -0.15) is 0 Å². The van der Waals surface area contributed by atoms with Gasteiger partial charge in [-0.05, 0) is 25.3 Å². The van der Waals surface area contributed by atoms with Crippen molar-refractivity contribution in [3.63, 3.8) is 0 Å². The number of quaternary nitrogens is 1. The van der Waals surface area contributed by atoms with E-state index >= 15 is 0 Å². The molecule has 0 fully saturated rings. The van der Waals surface area contributed by atoms with Crippen molar-refractivity contribution >= 4 is 23.2 Å². The van der Waals surface area contributed by atoms with Gasteiger partial charge in [0.05, 0.1) is 13.1 Å². The second-order valence-corrected chi connectivity index (χ2v) is 6.09. The van der Waals surface area contributed by atoms with Crippen molar-refractivity contribution in [1.82, 2.24) is 10.6 Å². The van der Waals surface area contributed by atoms with Crippen molar-refractivity contribution < 1.29 is 14.5 Å². The van der Waals surface area contributed by atoms with Gasteiger partial charge in [0.2, 0.25) is 5.91 Å². The number of rotatable bonds is 5. The lowest BCUT2D eigenvalue weighted by Crippen LogP contribution is -3.14. The third-order valence-corrected chi connectivity index (χ3v) is 4.74. The number of amides is 2. The Morgan fingerprint density at radius 2 is 2.20 bits per heavy atom. The number of nitrogens with one attached hydrogen (secondary N) is 3. The Hall–Kier alpha value is -1.40. The van der Waals surface area contributed by atoms with E-state index in [4.69, 9.17) is 0 Å². The molecular weight excluding hydrogens is 274 g/mol. The van der Waals surface area contributed by atoms with Crippen molar-refractivity contribution in [2.45, 2.75) is 26.3 Å². The Morgan fingerprint density at radius 3 is 2.95 bits per heavy atom. The van der Waals surface area contributed by atoms with E-state index < -0.39 is 0 Å². The molecule has 0 spiro atoms. The first kappa shape index (κ1) is 15.0. The number of thiophene rings is 1. The maximum atomic E-state index is 11.9. The fourth-order valence-electron chi connectivity index (χ4n) is 2.60. The molecule has 1 unspecified atom stereocenters. The first-order valence-electron chi connectivity index (χ1n) is 7.06. The van der Waals surface area contributed by atoms with E-state index in [1.54, 1.807) is 11.3 Å². The minimum absolute atomic E-state index is 0.0585. The summed E-state index contributed by atoms with van der Waals surface area (Å²) in [5, 5.41) is 7.47. The molecule has 2 rings (SSSR count). The first-order valence-corrected chi connectivity index (χ1v) is 7.94. The van der Waals surface area contributed by atoms with Crippen LogP contribution in [-0.4, -0.2) is 38.0 Å². The van der Waals surface area contributed by atoms with Crippen LogP contribution < -0.4 is 15.5 Å². The highest BCUT2D eigenvalue weighted by Crippen LogP contribution is 2.24. The minimum atomic E-state index is -0.136. The minimum Gasteiger partial charge on any atom is -0.355 e. The predicted molar refractivity (Wildman–Crippen MR) is 78.8 cm³/mol. The average Bonchev–Trinajstić information content (AvgIpc) is 2.89. The summed E-state index contributed by atoms with van der Waals surface area (Å²) in [5.74, 6) is -0.195. The fourth-order valence-corrected chi connectivity index (χ4v) is 3.58. The van der Waals surface area contributed by atoms with E-state index in [-0.39, 0.29) is 18.4 Å². The highest BCUT2D eigenvalue weighted by Gasteiger charge is 2.29. The topological polar surface area (TPSA) is 62.6 Å². The maximum absolute atomic E-state index is 11.9. The Bertz CT molecular complexity index is 487. The van der Waals surface area contributed by atoms with E-state index in [1.165, 1.54) is 15.3 Å². The van der Waals surface area contributed by atoms with Crippen LogP contribution in [0.1, 0.15) is 30.3 Å². The van der Waals surface area contributed by atoms with Gasteiger partial charge < -0.3 is 15.5 Å². The zero-order valence-corrected chi connectivity index (χ0v) is 12.8. The Morgan fingerprint density at radius 1 is 1.40 bits per heavy atom. The number of hydrogen-bond donors (Lipinski definition) is 3.